The van der Waals surface area contributed by atoms with Crippen LogP contribution in [0.25, 0.3) is 0 Å². The first-order chi connectivity index (χ1) is 7.22. The predicted octanol–water partition coefficient (Wildman–Crippen LogP) is 0.799. The van der Waals surface area contributed by atoms with Crippen LogP contribution < -0.4 is 11.1 Å². The first kappa shape index (κ1) is 12.5. The Kier molecular flexibility index (Phi) is 5.65. The van der Waals surface area contributed by atoms with Crippen LogP contribution in [0.5, 0.6) is 0 Å². The van der Waals surface area contributed by atoms with Crippen LogP contribution in [0.15, 0.2) is 0 Å². The normalized spacial score (nSPS) is 22.7. The highest BCUT2D eigenvalue weighted by atomic mass is 16.5. The van der Waals surface area contributed by atoms with E-state index in [1.165, 1.54) is 0 Å². The van der Waals surface area contributed by atoms with Gasteiger partial charge in [-0.05, 0) is 19.3 Å². The molecule has 3 N–H and O–H groups in total. The first-order valence-corrected chi connectivity index (χ1v) is 5.86. The molecule has 0 aromatic carbocycles. The molecule has 15 heavy (non-hydrogen) atoms. The maximum Gasteiger partial charge on any atom is 0.222 e. The molecule has 1 fully saturated rings. The maximum absolute atomic E-state index is 11.5. The van der Waals surface area contributed by atoms with Crippen molar-refractivity contribution in [3.63, 3.8) is 0 Å². The zero-order chi connectivity index (χ0) is 11.1. The highest BCUT2D eigenvalue weighted by Gasteiger charge is 2.18. The number of carbonyl (C=O) groups is 1. The van der Waals surface area contributed by atoms with Crippen LogP contribution in [-0.4, -0.2) is 31.2 Å². The number of amides is 1. The Morgan fingerprint density at radius 1 is 1.67 bits per heavy atom. The summed E-state index contributed by atoms with van der Waals surface area (Å²) in [4.78, 5) is 11.5. The Bertz CT molecular complexity index is 191. The molecule has 1 rings (SSSR count). The SMILES string of the molecule is CCCC(N)CNC(=O)CC1CCCO1. The highest BCUT2D eigenvalue weighted by Crippen LogP contribution is 2.14. The molecular weight excluding hydrogens is 192 g/mol. The molecule has 0 bridgehead atoms. The summed E-state index contributed by atoms with van der Waals surface area (Å²) in [5, 5.41) is 2.85. The second kappa shape index (κ2) is 6.80. The molecule has 4 nitrogen and oxygen atoms in total. The number of nitrogens with one attached hydrogen (secondary N) is 1. The van der Waals surface area contributed by atoms with Gasteiger partial charge in [0.1, 0.15) is 0 Å². The molecule has 0 aromatic rings. The minimum Gasteiger partial charge on any atom is -0.378 e. The van der Waals surface area contributed by atoms with E-state index in [0.29, 0.717) is 13.0 Å². The van der Waals surface area contributed by atoms with Crippen LogP contribution in [0.4, 0.5) is 0 Å². The van der Waals surface area contributed by atoms with Crippen LogP contribution in [0.3, 0.4) is 0 Å². The fraction of sp³-hybridized carbons (Fsp3) is 0.909. The van der Waals surface area contributed by atoms with Crippen molar-refractivity contribution in [1.29, 1.82) is 0 Å². The molecule has 0 saturated carbocycles. The summed E-state index contributed by atoms with van der Waals surface area (Å²) in [6, 6.07) is 0.0865. The third-order valence-corrected chi connectivity index (χ3v) is 2.66. The van der Waals surface area contributed by atoms with Gasteiger partial charge in [0.2, 0.25) is 5.91 Å². The summed E-state index contributed by atoms with van der Waals surface area (Å²) in [6.45, 7) is 3.47. The summed E-state index contributed by atoms with van der Waals surface area (Å²) >= 11 is 0. The number of carbonyl (C=O) groups excluding carboxylic acids is 1. The number of nitrogens with two attached hydrogens (primary N) is 1. The van der Waals surface area contributed by atoms with Gasteiger partial charge in [-0.25, -0.2) is 0 Å². The van der Waals surface area contributed by atoms with Crippen molar-refractivity contribution in [2.24, 2.45) is 5.73 Å². The summed E-state index contributed by atoms with van der Waals surface area (Å²) in [6.07, 6.45) is 4.72. The maximum atomic E-state index is 11.5. The second-order valence-corrected chi connectivity index (χ2v) is 4.19. The Morgan fingerprint density at radius 3 is 3.07 bits per heavy atom. The summed E-state index contributed by atoms with van der Waals surface area (Å²) < 4.78 is 5.39. The summed E-state index contributed by atoms with van der Waals surface area (Å²) in [7, 11) is 0. The first-order valence-electron chi connectivity index (χ1n) is 5.86. The molecular formula is C11H22N2O2. The Labute approximate surface area is 91.5 Å². The van der Waals surface area contributed by atoms with Crippen LogP contribution in [0.2, 0.25) is 0 Å². The molecule has 0 radical (unpaired) electrons. The third-order valence-electron chi connectivity index (χ3n) is 2.66. The molecule has 0 aliphatic carbocycles. The van der Waals surface area contributed by atoms with Gasteiger partial charge >= 0.3 is 0 Å². The van der Waals surface area contributed by atoms with E-state index in [0.717, 1.165) is 32.3 Å². The summed E-state index contributed by atoms with van der Waals surface area (Å²) in [5.74, 6) is 0.0634. The minimum atomic E-state index is 0.0634. The Morgan fingerprint density at radius 2 is 2.47 bits per heavy atom. The standard InChI is InChI=1S/C11H22N2O2/c1-2-4-9(12)8-13-11(14)7-10-5-3-6-15-10/h9-10H,2-8,12H2,1H3,(H,13,14). The van der Waals surface area contributed by atoms with E-state index in [2.05, 4.69) is 12.2 Å². The Hall–Kier alpha value is -0.610. The Balaban J connectivity index is 2.07. The molecule has 1 aliphatic rings. The molecule has 1 amide bonds. The molecule has 4 heteroatoms. The van der Waals surface area contributed by atoms with Gasteiger partial charge in [0.25, 0.3) is 0 Å². The molecule has 2 atom stereocenters. The van der Waals surface area contributed by atoms with Crippen LogP contribution in [0.1, 0.15) is 39.0 Å². The van der Waals surface area contributed by atoms with Crippen molar-refractivity contribution in [3.8, 4) is 0 Å². The second-order valence-electron chi connectivity index (χ2n) is 4.19. The lowest BCUT2D eigenvalue weighted by atomic mass is 10.1. The van der Waals surface area contributed by atoms with Crippen LogP contribution in [-0.2, 0) is 9.53 Å². The van der Waals surface area contributed by atoms with Gasteiger partial charge in [0.05, 0.1) is 12.5 Å². The lowest BCUT2D eigenvalue weighted by molar-refractivity contribution is -0.123. The fourth-order valence-corrected chi connectivity index (χ4v) is 1.80. The molecule has 1 heterocycles. The topological polar surface area (TPSA) is 64.3 Å². The van der Waals surface area contributed by atoms with Gasteiger partial charge < -0.3 is 15.8 Å². The molecule has 1 saturated heterocycles. The van der Waals surface area contributed by atoms with Gasteiger partial charge in [-0.15, -0.1) is 0 Å². The van der Waals surface area contributed by atoms with Crippen LogP contribution in [0, 0.1) is 0 Å². The van der Waals surface area contributed by atoms with E-state index >= 15 is 0 Å². The van der Waals surface area contributed by atoms with E-state index in [-0.39, 0.29) is 18.1 Å². The quantitative estimate of drug-likeness (QED) is 0.687. The van der Waals surface area contributed by atoms with Crippen molar-refractivity contribution in [2.75, 3.05) is 13.2 Å². The zero-order valence-electron chi connectivity index (χ0n) is 9.50. The monoisotopic (exact) mass is 214 g/mol. The third kappa shape index (κ3) is 5.14. The lowest BCUT2D eigenvalue weighted by Crippen LogP contribution is -2.38. The average molecular weight is 214 g/mol. The van der Waals surface area contributed by atoms with Crippen molar-refractivity contribution >= 4 is 5.91 Å². The lowest BCUT2D eigenvalue weighted by Gasteiger charge is -2.13. The molecule has 88 valence electrons. The van der Waals surface area contributed by atoms with Crippen molar-refractivity contribution in [3.05, 3.63) is 0 Å². The van der Waals surface area contributed by atoms with Crippen molar-refractivity contribution < 1.29 is 9.53 Å². The largest absolute Gasteiger partial charge is 0.378 e. The van der Waals surface area contributed by atoms with Gasteiger partial charge in [-0.3, -0.25) is 4.79 Å². The molecule has 0 aromatic heterocycles. The van der Waals surface area contributed by atoms with E-state index in [9.17, 15) is 4.79 Å². The molecule has 0 spiro atoms. The number of hydrogen-bond donors (Lipinski definition) is 2. The summed E-state index contributed by atoms with van der Waals surface area (Å²) in [5.41, 5.74) is 5.79. The van der Waals surface area contributed by atoms with Gasteiger partial charge in [-0.1, -0.05) is 13.3 Å². The highest BCUT2D eigenvalue weighted by molar-refractivity contribution is 5.76. The van der Waals surface area contributed by atoms with E-state index in [1.54, 1.807) is 0 Å². The smallest absolute Gasteiger partial charge is 0.222 e. The van der Waals surface area contributed by atoms with E-state index in [1.807, 2.05) is 0 Å². The van der Waals surface area contributed by atoms with E-state index < -0.39 is 0 Å². The van der Waals surface area contributed by atoms with Crippen molar-refractivity contribution in [1.82, 2.24) is 5.32 Å². The predicted molar refractivity (Wildman–Crippen MR) is 59.5 cm³/mol. The molecule has 2 unspecified atom stereocenters. The van der Waals surface area contributed by atoms with Crippen molar-refractivity contribution in [2.45, 2.75) is 51.2 Å². The number of hydrogen-bond acceptors (Lipinski definition) is 3. The van der Waals surface area contributed by atoms with E-state index in [4.69, 9.17) is 10.5 Å². The number of ether oxygens (including phenoxy) is 1. The van der Waals surface area contributed by atoms with Gasteiger partial charge in [0.15, 0.2) is 0 Å². The zero-order valence-corrected chi connectivity index (χ0v) is 9.50. The molecule has 1 aliphatic heterocycles. The van der Waals surface area contributed by atoms with Gasteiger partial charge in [-0.2, -0.15) is 0 Å². The van der Waals surface area contributed by atoms with Gasteiger partial charge in [0, 0.05) is 19.2 Å². The average Bonchev–Trinajstić information content (AvgIpc) is 2.68. The van der Waals surface area contributed by atoms with Crippen LogP contribution >= 0.6 is 0 Å². The minimum absolute atomic E-state index is 0.0634. The number of rotatable bonds is 6. The fourth-order valence-electron chi connectivity index (χ4n) is 1.80.